The molecule has 1 heterocycles. The number of pyridine rings is 1. The van der Waals surface area contributed by atoms with Crippen molar-refractivity contribution in [3.05, 3.63) is 30.1 Å². The molecule has 0 radical (unpaired) electrons. The molecule has 1 aromatic heterocycles. The number of rotatable bonds is 6. The molecule has 134 valence electrons. The van der Waals surface area contributed by atoms with Gasteiger partial charge in [0.1, 0.15) is 0 Å². The van der Waals surface area contributed by atoms with Gasteiger partial charge in [-0.15, -0.1) is 0 Å². The maximum Gasteiger partial charge on any atom is 0.363 e. The molecule has 2 saturated carbocycles. The number of nitrogens with zero attached hydrogens (tertiary/aromatic N) is 1. The van der Waals surface area contributed by atoms with Gasteiger partial charge in [0.2, 0.25) is 0 Å². The Morgan fingerprint density at radius 3 is 1.83 bits per heavy atom. The lowest BCUT2D eigenvalue weighted by molar-refractivity contribution is 0.0545. The normalized spacial score (nSPS) is 22.4. The lowest BCUT2D eigenvalue weighted by Crippen LogP contribution is -2.22. The van der Waals surface area contributed by atoms with Gasteiger partial charge >= 0.3 is 7.60 Å². The van der Waals surface area contributed by atoms with Crippen LogP contribution in [-0.4, -0.2) is 22.3 Å². The fourth-order valence-electron chi connectivity index (χ4n) is 3.61. The molecule has 0 aliphatic heterocycles. The molecule has 0 saturated heterocycles. The predicted molar refractivity (Wildman–Crippen MR) is 92.7 cm³/mol. The lowest BCUT2D eigenvalue weighted by Gasteiger charge is -2.33. The maximum atomic E-state index is 13.5. The Balaban J connectivity index is 1.77. The van der Waals surface area contributed by atoms with Crippen LogP contribution in [0.2, 0.25) is 0 Å². The molecule has 0 aromatic carbocycles. The molecule has 1 unspecified atom stereocenters. The van der Waals surface area contributed by atoms with Crippen LogP contribution in [-0.2, 0) is 13.6 Å². The van der Waals surface area contributed by atoms with Crippen molar-refractivity contribution in [1.29, 1.82) is 0 Å². The molecule has 0 bridgehead atoms. The summed E-state index contributed by atoms with van der Waals surface area (Å²) in [6, 6.07) is 3.34. The topological polar surface area (TPSA) is 68.7 Å². The average Bonchev–Trinajstić information content (AvgIpc) is 2.63. The number of hydrogen-bond donors (Lipinski definition) is 1. The van der Waals surface area contributed by atoms with Crippen molar-refractivity contribution in [3.8, 4) is 0 Å². The summed E-state index contributed by atoms with van der Waals surface area (Å²) in [5.74, 6) is -1.25. The van der Waals surface area contributed by atoms with Gasteiger partial charge < -0.3 is 14.2 Å². The first-order valence-electron chi connectivity index (χ1n) is 9.22. The highest BCUT2D eigenvalue weighted by Gasteiger charge is 2.41. The zero-order valence-electron chi connectivity index (χ0n) is 14.2. The molecule has 3 rings (SSSR count). The van der Waals surface area contributed by atoms with Crippen LogP contribution in [0.5, 0.6) is 0 Å². The van der Waals surface area contributed by atoms with E-state index in [2.05, 4.69) is 4.98 Å². The maximum absolute atomic E-state index is 13.5. The quantitative estimate of drug-likeness (QED) is 0.732. The summed E-state index contributed by atoms with van der Waals surface area (Å²) in [5.41, 5.74) is 0.542. The summed E-state index contributed by atoms with van der Waals surface area (Å²) in [4.78, 5) is 3.96. The van der Waals surface area contributed by atoms with E-state index in [1.54, 1.807) is 24.5 Å². The molecule has 6 heteroatoms. The lowest BCUT2D eigenvalue weighted by atomic mass is 9.98. The van der Waals surface area contributed by atoms with E-state index in [0.717, 1.165) is 51.4 Å². The van der Waals surface area contributed by atoms with Crippen LogP contribution in [0.25, 0.3) is 0 Å². The molecule has 2 aliphatic rings. The van der Waals surface area contributed by atoms with Gasteiger partial charge in [-0.05, 0) is 43.4 Å². The highest BCUT2D eigenvalue weighted by Crippen LogP contribution is 2.62. The monoisotopic (exact) mass is 353 g/mol. The second-order valence-corrected chi connectivity index (χ2v) is 8.92. The summed E-state index contributed by atoms with van der Waals surface area (Å²) < 4.78 is 25.5. The number of aliphatic hydroxyl groups excluding tert-OH is 1. The van der Waals surface area contributed by atoms with E-state index in [1.807, 2.05) is 0 Å². The van der Waals surface area contributed by atoms with Gasteiger partial charge in [-0.2, -0.15) is 0 Å². The van der Waals surface area contributed by atoms with Gasteiger partial charge in [-0.25, -0.2) is 0 Å². The zero-order chi connectivity index (χ0) is 16.8. The Morgan fingerprint density at radius 2 is 1.38 bits per heavy atom. The minimum atomic E-state index is -3.64. The molecule has 0 amide bonds. The van der Waals surface area contributed by atoms with Crippen molar-refractivity contribution >= 4 is 7.60 Å². The van der Waals surface area contributed by atoms with Crippen molar-refractivity contribution in [1.82, 2.24) is 4.98 Å². The van der Waals surface area contributed by atoms with E-state index in [9.17, 15) is 9.67 Å². The average molecular weight is 353 g/mol. The molecule has 2 aliphatic carbocycles. The minimum Gasteiger partial charge on any atom is -0.376 e. The van der Waals surface area contributed by atoms with Gasteiger partial charge in [0.25, 0.3) is 0 Å². The van der Waals surface area contributed by atoms with Crippen molar-refractivity contribution < 1.29 is 18.7 Å². The Labute approximate surface area is 144 Å². The summed E-state index contributed by atoms with van der Waals surface area (Å²) in [6.07, 6.45) is 13.3. The van der Waals surface area contributed by atoms with Crippen molar-refractivity contribution in [2.75, 3.05) is 0 Å². The van der Waals surface area contributed by atoms with Crippen LogP contribution < -0.4 is 0 Å². The SMILES string of the molecule is O=P(OC1CCCCC1)(OC1CCCCC1)C(O)c1ccncc1. The Kier molecular flexibility index (Phi) is 6.45. The van der Waals surface area contributed by atoms with Gasteiger partial charge in [-0.3, -0.25) is 9.55 Å². The molecule has 2 fully saturated rings. The van der Waals surface area contributed by atoms with Crippen molar-refractivity contribution in [2.45, 2.75) is 82.3 Å². The number of aromatic nitrogens is 1. The summed E-state index contributed by atoms with van der Waals surface area (Å²) in [7, 11) is -3.64. The first kappa shape index (κ1) is 18.1. The van der Waals surface area contributed by atoms with E-state index in [-0.39, 0.29) is 12.2 Å². The first-order chi connectivity index (χ1) is 11.7. The molecule has 1 atom stereocenters. The van der Waals surface area contributed by atoms with Crippen LogP contribution in [0.1, 0.15) is 75.6 Å². The van der Waals surface area contributed by atoms with Crippen molar-refractivity contribution in [3.63, 3.8) is 0 Å². The molecule has 5 nitrogen and oxygen atoms in total. The molecule has 24 heavy (non-hydrogen) atoms. The van der Waals surface area contributed by atoms with Crippen LogP contribution in [0.3, 0.4) is 0 Å². The minimum absolute atomic E-state index is 0.0790. The van der Waals surface area contributed by atoms with E-state index >= 15 is 0 Å². The smallest absolute Gasteiger partial charge is 0.363 e. The van der Waals surface area contributed by atoms with Crippen molar-refractivity contribution in [2.24, 2.45) is 0 Å². The highest BCUT2D eigenvalue weighted by molar-refractivity contribution is 7.54. The Hall–Kier alpha value is -0.740. The second kappa shape index (κ2) is 8.57. The molecule has 1 aromatic rings. The number of aliphatic hydroxyl groups is 1. The molecular weight excluding hydrogens is 325 g/mol. The molecular formula is C18H28NO4P. The first-order valence-corrected chi connectivity index (χ1v) is 10.8. The third kappa shape index (κ3) is 4.66. The highest BCUT2D eigenvalue weighted by atomic mass is 31.2. The Morgan fingerprint density at radius 1 is 0.917 bits per heavy atom. The summed E-state index contributed by atoms with van der Waals surface area (Å²) >= 11 is 0. The number of hydrogen-bond acceptors (Lipinski definition) is 5. The van der Waals surface area contributed by atoms with Gasteiger partial charge in [0.05, 0.1) is 12.2 Å². The van der Waals surface area contributed by atoms with Gasteiger partial charge in [0.15, 0.2) is 5.85 Å². The van der Waals surface area contributed by atoms with Crippen LogP contribution in [0.4, 0.5) is 0 Å². The Bertz CT molecular complexity index is 517. The van der Waals surface area contributed by atoms with Crippen LogP contribution >= 0.6 is 7.60 Å². The molecule has 1 N–H and O–H groups in total. The fraction of sp³-hybridized carbons (Fsp3) is 0.722. The zero-order valence-corrected chi connectivity index (χ0v) is 15.1. The van der Waals surface area contributed by atoms with E-state index in [1.165, 1.54) is 12.8 Å². The van der Waals surface area contributed by atoms with E-state index in [0.29, 0.717) is 5.56 Å². The predicted octanol–water partition coefficient (Wildman–Crippen LogP) is 4.96. The third-order valence-electron chi connectivity index (χ3n) is 5.00. The second-order valence-electron chi connectivity index (χ2n) is 6.92. The van der Waals surface area contributed by atoms with Crippen LogP contribution in [0, 0.1) is 0 Å². The summed E-state index contributed by atoms with van der Waals surface area (Å²) in [6.45, 7) is 0. The van der Waals surface area contributed by atoms with E-state index < -0.39 is 13.4 Å². The van der Waals surface area contributed by atoms with E-state index in [4.69, 9.17) is 9.05 Å². The fourth-order valence-corrected chi connectivity index (χ4v) is 5.69. The standard InChI is InChI=1S/C18H28NO4P/c20-18(15-11-13-19-14-12-15)24(21,22-16-7-3-1-4-8-16)23-17-9-5-2-6-10-17/h11-14,16-18,20H,1-10H2. The van der Waals surface area contributed by atoms with Crippen LogP contribution in [0.15, 0.2) is 24.5 Å². The van der Waals surface area contributed by atoms with Gasteiger partial charge in [-0.1, -0.05) is 38.5 Å². The largest absolute Gasteiger partial charge is 0.376 e. The summed E-state index contributed by atoms with van der Waals surface area (Å²) in [5, 5.41) is 10.8. The molecule has 0 spiro atoms. The third-order valence-corrected chi connectivity index (χ3v) is 7.08. The van der Waals surface area contributed by atoms with Gasteiger partial charge in [0, 0.05) is 12.4 Å².